The summed E-state index contributed by atoms with van der Waals surface area (Å²) in [6.07, 6.45) is 6.39. The lowest BCUT2D eigenvalue weighted by atomic mass is 9.86. The number of nitrogens with zero attached hydrogens (tertiary/aromatic N) is 1. The van der Waals surface area contributed by atoms with E-state index in [9.17, 15) is 9.59 Å². The molecule has 0 spiro atoms. The minimum atomic E-state index is 0.0209. The number of hydrogen-bond acceptors (Lipinski definition) is 2. The van der Waals surface area contributed by atoms with Crippen LogP contribution in [0.25, 0.3) is 0 Å². The molecule has 1 aromatic carbocycles. The zero-order chi connectivity index (χ0) is 16.2. The van der Waals surface area contributed by atoms with Crippen LogP contribution in [0.5, 0.6) is 0 Å². The summed E-state index contributed by atoms with van der Waals surface area (Å²) < 4.78 is 0. The molecule has 1 aliphatic carbocycles. The van der Waals surface area contributed by atoms with Crippen LogP contribution in [0.3, 0.4) is 0 Å². The first kappa shape index (κ1) is 16.0. The summed E-state index contributed by atoms with van der Waals surface area (Å²) in [6, 6.07) is 7.98. The molecule has 2 atom stereocenters. The highest BCUT2D eigenvalue weighted by Crippen LogP contribution is 2.24. The number of hydrogen-bond donors (Lipinski definition) is 1. The van der Waals surface area contributed by atoms with E-state index in [1.807, 2.05) is 29.2 Å². The molecule has 1 saturated carbocycles. The topological polar surface area (TPSA) is 49.4 Å². The van der Waals surface area contributed by atoms with Crippen molar-refractivity contribution >= 4 is 11.8 Å². The number of benzene rings is 1. The van der Waals surface area contributed by atoms with Gasteiger partial charge in [0.05, 0.1) is 0 Å². The first-order valence-electron chi connectivity index (χ1n) is 8.81. The third-order valence-electron chi connectivity index (χ3n) is 5.19. The molecule has 1 saturated heterocycles. The third kappa shape index (κ3) is 3.92. The molecule has 0 unspecified atom stereocenters. The van der Waals surface area contributed by atoms with Gasteiger partial charge in [-0.15, -0.1) is 0 Å². The number of nitrogens with one attached hydrogen (secondary N) is 1. The van der Waals surface area contributed by atoms with Crippen LogP contribution in [-0.4, -0.2) is 29.3 Å². The number of carbonyl (C=O) groups excluding carboxylic acids is 2. The van der Waals surface area contributed by atoms with Gasteiger partial charge in [0.15, 0.2) is 0 Å². The van der Waals surface area contributed by atoms with Gasteiger partial charge in [0, 0.05) is 31.1 Å². The average molecular weight is 314 g/mol. The molecule has 3 rings (SSSR count). The quantitative estimate of drug-likeness (QED) is 0.928. The fourth-order valence-corrected chi connectivity index (χ4v) is 3.64. The number of carbonyl (C=O) groups is 2. The van der Waals surface area contributed by atoms with Gasteiger partial charge in [-0.25, -0.2) is 0 Å². The lowest BCUT2D eigenvalue weighted by Gasteiger charge is -2.29. The zero-order valence-corrected chi connectivity index (χ0v) is 13.9. The Morgan fingerprint density at radius 1 is 1.17 bits per heavy atom. The molecule has 1 heterocycles. The molecule has 23 heavy (non-hydrogen) atoms. The summed E-state index contributed by atoms with van der Waals surface area (Å²) in [5.74, 6) is 0.818. The highest BCUT2D eigenvalue weighted by atomic mass is 16.2. The number of amides is 2. The van der Waals surface area contributed by atoms with Crippen molar-refractivity contribution in [3.8, 4) is 0 Å². The molecule has 4 heteroatoms. The molecule has 1 aromatic rings. The maximum Gasteiger partial charge on any atom is 0.251 e. The lowest BCUT2D eigenvalue weighted by molar-refractivity contribution is -0.128. The van der Waals surface area contributed by atoms with Crippen molar-refractivity contribution in [1.29, 1.82) is 0 Å². The maximum absolute atomic E-state index is 12.4. The normalized spacial score (nSPS) is 24.7. The van der Waals surface area contributed by atoms with Gasteiger partial charge in [0.2, 0.25) is 5.91 Å². The molecule has 0 radical (unpaired) electrons. The van der Waals surface area contributed by atoms with Crippen molar-refractivity contribution in [3.05, 3.63) is 35.4 Å². The van der Waals surface area contributed by atoms with Gasteiger partial charge in [-0.1, -0.05) is 31.9 Å². The van der Waals surface area contributed by atoms with Crippen LogP contribution in [0.1, 0.15) is 61.4 Å². The van der Waals surface area contributed by atoms with Crippen molar-refractivity contribution in [1.82, 2.24) is 10.2 Å². The summed E-state index contributed by atoms with van der Waals surface area (Å²) in [4.78, 5) is 25.9. The van der Waals surface area contributed by atoms with Crippen molar-refractivity contribution in [2.24, 2.45) is 5.92 Å². The van der Waals surface area contributed by atoms with E-state index in [0.29, 0.717) is 30.5 Å². The molecule has 2 amide bonds. The van der Waals surface area contributed by atoms with E-state index >= 15 is 0 Å². The second-order valence-corrected chi connectivity index (χ2v) is 6.96. The predicted molar refractivity (Wildman–Crippen MR) is 90.0 cm³/mol. The van der Waals surface area contributed by atoms with E-state index in [1.54, 1.807) is 0 Å². The molecular weight excluding hydrogens is 288 g/mol. The van der Waals surface area contributed by atoms with E-state index in [-0.39, 0.29) is 11.8 Å². The molecule has 0 aromatic heterocycles. The van der Waals surface area contributed by atoms with Crippen LogP contribution < -0.4 is 5.32 Å². The van der Waals surface area contributed by atoms with Gasteiger partial charge in [-0.2, -0.15) is 0 Å². The van der Waals surface area contributed by atoms with Crippen LogP contribution in [0.4, 0.5) is 0 Å². The SMILES string of the molecule is C[C@@H]1CCCC[C@H]1NC(=O)c1ccc(CN2CCCC2=O)cc1. The number of likely N-dealkylation sites (tertiary alicyclic amines) is 1. The van der Waals surface area contributed by atoms with Crippen molar-refractivity contribution in [2.75, 3.05) is 6.54 Å². The highest BCUT2D eigenvalue weighted by molar-refractivity contribution is 5.94. The summed E-state index contributed by atoms with van der Waals surface area (Å²) in [5.41, 5.74) is 1.79. The standard InChI is InChI=1S/C19H26N2O2/c1-14-5-2-3-6-17(14)20-19(23)16-10-8-15(9-11-16)13-21-12-4-7-18(21)22/h8-11,14,17H,2-7,12-13H2,1H3,(H,20,23)/t14-,17-/m1/s1. The van der Waals surface area contributed by atoms with Gasteiger partial charge in [-0.05, 0) is 42.9 Å². The summed E-state index contributed by atoms with van der Waals surface area (Å²) in [5, 5.41) is 3.18. The number of rotatable bonds is 4. The molecule has 2 fully saturated rings. The fraction of sp³-hybridized carbons (Fsp3) is 0.579. The smallest absolute Gasteiger partial charge is 0.251 e. The van der Waals surface area contributed by atoms with Gasteiger partial charge in [0.25, 0.3) is 5.91 Å². The highest BCUT2D eigenvalue weighted by Gasteiger charge is 2.23. The lowest BCUT2D eigenvalue weighted by Crippen LogP contribution is -2.41. The molecule has 0 bridgehead atoms. The minimum absolute atomic E-state index is 0.0209. The second-order valence-electron chi connectivity index (χ2n) is 6.96. The fourth-order valence-electron chi connectivity index (χ4n) is 3.64. The van der Waals surface area contributed by atoms with E-state index in [1.165, 1.54) is 19.3 Å². The van der Waals surface area contributed by atoms with Crippen LogP contribution in [0, 0.1) is 5.92 Å². The van der Waals surface area contributed by atoms with Crippen molar-refractivity contribution < 1.29 is 9.59 Å². The van der Waals surface area contributed by atoms with E-state index in [4.69, 9.17) is 0 Å². The average Bonchev–Trinajstić information content (AvgIpc) is 2.95. The second kappa shape index (κ2) is 7.16. The van der Waals surface area contributed by atoms with Gasteiger partial charge < -0.3 is 10.2 Å². The Kier molecular flexibility index (Phi) is 4.99. The zero-order valence-electron chi connectivity index (χ0n) is 13.9. The van der Waals surface area contributed by atoms with Crippen LogP contribution in [-0.2, 0) is 11.3 Å². The van der Waals surface area contributed by atoms with Gasteiger partial charge >= 0.3 is 0 Å². The molecular formula is C19H26N2O2. The van der Waals surface area contributed by atoms with E-state index in [2.05, 4.69) is 12.2 Å². The van der Waals surface area contributed by atoms with Crippen LogP contribution in [0.15, 0.2) is 24.3 Å². The Balaban J connectivity index is 1.57. The Morgan fingerprint density at radius 3 is 2.57 bits per heavy atom. The predicted octanol–water partition coefficient (Wildman–Crippen LogP) is 3.12. The van der Waals surface area contributed by atoms with Crippen molar-refractivity contribution in [3.63, 3.8) is 0 Å². The summed E-state index contributed by atoms with van der Waals surface area (Å²) in [7, 11) is 0. The summed E-state index contributed by atoms with van der Waals surface area (Å²) >= 11 is 0. The molecule has 4 nitrogen and oxygen atoms in total. The molecule has 1 N–H and O–H groups in total. The first-order chi connectivity index (χ1) is 11.1. The van der Waals surface area contributed by atoms with Crippen LogP contribution in [0.2, 0.25) is 0 Å². The maximum atomic E-state index is 12.4. The van der Waals surface area contributed by atoms with Crippen LogP contribution >= 0.6 is 0 Å². The largest absolute Gasteiger partial charge is 0.349 e. The Morgan fingerprint density at radius 2 is 1.91 bits per heavy atom. The molecule has 2 aliphatic rings. The third-order valence-corrected chi connectivity index (χ3v) is 5.19. The molecule has 1 aliphatic heterocycles. The molecule has 124 valence electrons. The van der Waals surface area contributed by atoms with Crippen molar-refractivity contribution in [2.45, 2.75) is 58.0 Å². The van der Waals surface area contributed by atoms with Gasteiger partial charge in [0.1, 0.15) is 0 Å². The summed E-state index contributed by atoms with van der Waals surface area (Å²) in [6.45, 7) is 3.72. The Hall–Kier alpha value is -1.84. The first-order valence-corrected chi connectivity index (χ1v) is 8.81. The van der Waals surface area contributed by atoms with E-state index in [0.717, 1.165) is 24.9 Å². The minimum Gasteiger partial charge on any atom is -0.349 e. The van der Waals surface area contributed by atoms with Gasteiger partial charge in [-0.3, -0.25) is 9.59 Å². The monoisotopic (exact) mass is 314 g/mol. The Labute approximate surface area is 138 Å². The van der Waals surface area contributed by atoms with E-state index < -0.39 is 0 Å². The Bertz CT molecular complexity index is 567.